The number of hydrogen-bond donors (Lipinski definition) is 0. The van der Waals surface area contributed by atoms with Crippen molar-refractivity contribution in [2.75, 3.05) is 60.4 Å². The zero-order valence-corrected chi connectivity index (χ0v) is 18.0. The molecule has 0 amide bonds. The summed E-state index contributed by atoms with van der Waals surface area (Å²) >= 11 is 0. The van der Waals surface area contributed by atoms with Gasteiger partial charge in [0.25, 0.3) is 0 Å². The molecule has 2 atom stereocenters. The largest absolute Gasteiger partial charge is 0.350 e. The van der Waals surface area contributed by atoms with E-state index in [9.17, 15) is 0 Å². The Bertz CT molecular complexity index is 245. The molecule has 0 aliphatic heterocycles. The predicted molar refractivity (Wildman–Crippen MR) is 103 cm³/mol. The molecule has 0 saturated heterocycles. The molecule has 0 radical (unpaired) electrons. The van der Waals surface area contributed by atoms with Gasteiger partial charge in [-0.3, -0.25) is 0 Å². The standard InChI is InChI=1S/C16H37NO4P2/c1-8-15(18-4,19-5)22-13-11-17(10-3)12-14-23-16(9-2,20-6)21-7/h22-23H,8-14H2,1-7H3. The van der Waals surface area contributed by atoms with Gasteiger partial charge >= 0.3 is 0 Å². The lowest BCUT2D eigenvalue weighted by atomic mass is 10.5. The van der Waals surface area contributed by atoms with Crippen molar-refractivity contribution in [2.45, 2.75) is 44.7 Å². The third-order valence-electron chi connectivity index (χ3n) is 4.34. The van der Waals surface area contributed by atoms with Crippen LogP contribution in [0.4, 0.5) is 0 Å². The summed E-state index contributed by atoms with van der Waals surface area (Å²) in [7, 11) is 8.24. The predicted octanol–water partition coefficient (Wildman–Crippen LogP) is 3.38. The second-order valence-electron chi connectivity index (χ2n) is 5.32. The zero-order valence-electron chi connectivity index (χ0n) is 16.0. The van der Waals surface area contributed by atoms with Gasteiger partial charge in [0, 0.05) is 54.4 Å². The number of rotatable bonds is 15. The van der Waals surface area contributed by atoms with Crippen LogP contribution in [0.5, 0.6) is 0 Å². The molecule has 0 spiro atoms. The van der Waals surface area contributed by atoms with Gasteiger partial charge in [0.1, 0.15) is 0 Å². The molecule has 5 nitrogen and oxygen atoms in total. The van der Waals surface area contributed by atoms with Crippen molar-refractivity contribution < 1.29 is 18.9 Å². The Hall–Kier alpha value is 0.660. The Labute approximate surface area is 146 Å². The third-order valence-corrected chi connectivity index (χ3v) is 7.89. The Kier molecular flexibility index (Phi) is 13.3. The molecule has 0 saturated carbocycles. The Morgan fingerprint density at radius 2 is 1.04 bits per heavy atom. The van der Waals surface area contributed by atoms with Gasteiger partial charge in [0.15, 0.2) is 11.1 Å². The maximum absolute atomic E-state index is 5.56. The lowest BCUT2D eigenvalue weighted by Gasteiger charge is -2.32. The molecule has 0 aromatic rings. The molecule has 0 fully saturated rings. The molecule has 140 valence electrons. The van der Waals surface area contributed by atoms with E-state index in [-0.39, 0.29) is 0 Å². The molecule has 0 aliphatic carbocycles. The molecule has 0 rings (SSSR count). The molecule has 7 heteroatoms. The first-order valence-electron chi connectivity index (χ1n) is 8.43. The van der Waals surface area contributed by atoms with Crippen LogP contribution in [0.25, 0.3) is 0 Å². The SMILES string of the molecule is CCN(CCPC(CC)(OC)OC)CCPC(CC)(OC)OC. The van der Waals surface area contributed by atoms with E-state index < -0.39 is 11.1 Å². The smallest absolute Gasteiger partial charge is 0.182 e. The van der Waals surface area contributed by atoms with Crippen molar-refractivity contribution in [1.29, 1.82) is 0 Å². The Morgan fingerprint density at radius 3 is 1.26 bits per heavy atom. The molecular weight excluding hydrogens is 332 g/mol. The molecule has 0 aromatic heterocycles. The van der Waals surface area contributed by atoms with Gasteiger partial charge in [-0.15, -0.1) is 0 Å². The van der Waals surface area contributed by atoms with Crippen LogP contribution in [0, 0.1) is 0 Å². The van der Waals surface area contributed by atoms with Gasteiger partial charge < -0.3 is 23.8 Å². The Morgan fingerprint density at radius 1 is 0.696 bits per heavy atom. The maximum Gasteiger partial charge on any atom is 0.182 e. The van der Waals surface area contributed by atoms with Gasteiger partial charge in [0.05, 0.1) is 0 Å². The van der Waals surface area contributed by atoms with Crippen molar-refractivity contribution >= 4 is 17.2 Å². The fourth-order valence-corrected chi connectivity index (χ4v) is 5.21. The maximum atomic E-state index is 5.56. The summed E-state index contributed by atoms with van der Waals surface area (Å²) in [4.78, 5) is 2.48. The zero-order chi connectivity index (χ0) is 17.8. The molecule has 0 heterocycles. The highest BCUT2D eigenvalue weighted by atomic mass is 31.1. The first-order chi connectivity index (χ1) is 11.0. The van der Waals surface area contributed by atoms with Crippen LogP contribution in [-0.2, 0) is 18.9 Å². The first kappa shape index (κ1) is 23.7. The van der Waals surface area contributed by atoms with E-state index in [1.807, 2.05) is 0 Å². The third kappa shape index (κ3) is 8.05. The van der Waals surface area contributed by atoms with Crippen LogP contribution in [0.3, 0.4) is 0 Å². The van der Waals surface area contributed by atoms with Crippen LogP contribution in [0.2, 0.25) is 0 Å². The van der Waals surface area contributed by atoms with Crippen molar-refractivity contribution in [2.24, 2.45) is 0 Å². The highest BCUT2D eigenvalue weighted by Crippen LogP contribution is 2.37. The summed E-state index contributed by atoms with van der Waals surface area (Å²) in [6.07, 6.45) is 3.96. The van der Waals surface area contributed by atoms with Crippen LogP contribution < -0.4 is 0 Å². The molecule has 23 heavy (non-hydrogen) atoms. The van der Waals surface area contributed by atoms with Gasteiger partial charge in [-0.1, -0.05) is 37.9 Å². The highest BCUT2D eigenvalue weighted by molar-refractivity contribution is 7.39. The highest BCUT2D eigenvalue weighted by Gasteiger charge is 2.28. The molecule has 0 N–H and O–H groups in total. The molecular formula is C16H37NO4P2. The van der Waals surface area contributed by atoms with Crippen molar-refractivity contribution in [3.8, 4) is 0 Å². The van der Waals surface area contributed by atoms with Gasteiger partial charge in [-0.2, -0.15) is 0 Å². The minimum Gasteiger partial charge on any atom is -0.350 e. The minimum absolute atomic E-state index is 0.398. The van der Waals surface area contributed by atoms with Crippen LogP contribution in [-0.4, -0.2) is 76.4 Å². The van der Waals surface area contributed by atoms with E-state index >= 15 is 0 Å². The Balaban J connectivity index is 4.22. The average Bonchev–Trinajstić information content (AvgIpc) is 2.61. The van der Waals surface area contributed by atoms with E-state index in [1.165, 1.54) is 0 Å². The summed E-state index contributed by atoms with van der Waals surface area (Å²) in [5.74, 6) is 0. The van der Waals surface area contributed by atoms with Crippen LogP contribution in [0.1, 0.15) is 33.6 Å². The topological polar surface area (TPSA) is 40.2 Å². The van der Waals surface area contributed by atoms with Gasteiger partial charge in [0.2, 0.25) is 0 Å². The number of hydrogen-bond acceptors (Lipinski definition) is 5. The second kappa shape index (κ2) is 12.9. The molecule has 0 bridgehead atoms. The van der Waals surface area contributed by atoms with Crippen LogP contribution >= 0.6 is 17.2 Å². The van der Waals surface area contributed by atoms with Crippen molar-refractivity contribution in [1.82, 2.24) is 4.90 Å². The fourth-order valence-electron chi connectivity index (χ4n) is 2.52. The van der Waals surface area contributed by atoms with Crippen molar-refractivity contribution in [3.05, 3.63) is 0 Å². The van der Waals surface area contributed by atoms with E-state index in [0.29, 0.717) is 17.2 Å². The lowest BCUT2D eigenvalue weighted by Crippen LogP contribution is -2.33. The molecule has 0 aromatic carbocycles. The molecule has 2 unspecified atom stereocenters. The summed E-state index contributed by atoms with van der Waals surface area (Å²) < 4.78 is 22.2. The van der Waals surface area contributed by atoms with Crippen molar-refractivity contribution in [3.63, 3.8) is 0 Å². The lowest BCUT2D eigenvalue weighted by molar-refractivity contribution is -0.138. The summed E-state index contributed by atoms with van der Waals surface area (Å²) in [5, 5.41) is 0. The minimum atomic E-state index is -0.398. The number of nitrogens with zero attached hydrogens (tertiary/aromatic N) is 1. The number of methoxy groups -OCH3 is 4. The average molecular weight is 369 g/mol. The van der Waals surface area contributed by atoms with E-state index in [0.717, 1.165) is 44.8 Å². The summed E-state index contributed by atoms with van der Waals surface area (Å²) in [6.45, 7) is 9.65. The second-order valence-corrected chi connectivity index (χ2v) is 8.55. The summed E-state index contributed by atoms with van der Waals surface area (Å²) in [5.41, 5.74) is -0.796. The fraction of sp³-hybridized carbons (Fsp3) is 1.00. The first-order valence-corrected chi connectivity index (χ1v) is 10.8. The quantitative estimate of drug-likeness (QED) is 0.327. The van der Waals surface area contributed by atoms with E-state index in [1.54, 1.807) is 28.4 Å². The summed E-state index contributed by atoms with van der Waals surface area (Å²) in [6, 6.07) is 0. The monoisotopic (exact) mass is 369 g/mol. The normalized spacial score (nSPS) is 14.1. The van der Waals surface area contributed by atoms with Gasteiger partial charge in [-0.25, -0.2) is 0 Å². The van der Waals surface area contributed by atoms with E-state index in [2.05, 4.69) is 25.7 Å². The van der Waals surface area contributed by atoms with Gasteiger partial charge in [-0.05, 0) is 18.9 Å². The molecule has 0 aliphatic rings. The van der Waals surface area contributed by atoms with Crippen LogP contribution in [0.15, 0.2) is 0 Å². The number of ether oxygens (including phenoxy) is 4. The van der Waals surface area contributed by atoms with E-state index in [4.69, 9.17) is 18.9 Å².